The van der Waals surface area contributed by atoms with E-state index >= 15 is 0 Å². The van der Waals surface area contributed by atoms with Gasteiger partial charge in [0, 0.05) is 13.2 Å². The average molecular weight is 159 g/mol. The molecule has 0 aliphatic heterocycles. The fourth-order valence-electron chi connectivity index (χ4n) is 0.409. The summed E-state index contributed by atoms with van der Waals surface area (Å²) < 4.78 is 0. The van der Waals surface area contributed by atoms with Gasteiger partial charge < -0.3 is 10.8 Å². The van der Waals surface area contributed by atoms with Gasteiger partial charge in [-0.2, -0.15) is 11.3 Å². The van der Waals surface area contributed by atoms with E-state index in [1.807, 2.05) is 11.4 Å². The standard InChI is InChI=1S/C5H7NS.C2H6O/c6-3-5-1-2-7-4-5;1-2-3/h1-2,4H,3,6H2;3H,2H2,1H3. The predicted octanol–water partition coefficient (Wildman–Crippen LogP) is 1.21. The van der Waals surface area contributed by atoms with Crippen molar-refractivity contribution in [1.29, 1.82) is 0 Å². The highest BCUT2D eigenvalue weighted by Crippen LogP contribution is 2.02. The Labute approximate surface area is 65.3 Å². The van der Waals surface area contributed by atoms with Gasteiger partial charge in [0.05, 0.1) is 0 Å². The molecule has 2 nitrogen and oxygen atoms in total. The zero-order chi connectivity index (χ0) is 7.82. The molecule has 0 unspecified atom stereocenters. The Bertz CT molecular complexity index is 139. The molecular formula is C7H13NOS. The van der Waals surface area contributed by atoms with Crippen LogP contribution in [0.5, 0.6) is 0 Å². The topological polar surface area (TPSA) is 46.2 Å². The van der Waals surface area contributed by atoms with Crippen LogP contribution in [-0.4, -0.2) is 11.7 Å². The maximum atomic E-state index is 7.57. The molecule has 0 aliphatic rings. The molecule has 0 saturated heterocycles. The molecule has 0 aromatic carbocycles. The molecule has 1 rings (SSSR count). The molecule has 0 saturated carbocycles. The van der Waals surface area contributed by atoms with Gasteiger partial charge in [-0.1, -0.05) is 0 Å². The number of nitrogens with two attached hydrogens (primary N) is 1. The van der Waals surface area contributed by atoms with Crippen LogP contribution in [0.15, 0.2) is 16.8 Å². The summed E-state index contributed by atoms with van der Waals surface area (Å²) in [6.07, 6.45) is 0. The molecule has 1 heterocycles. The minimum absolute atomic E-state index is 0.250. The van der Waals surface area contributed by atoms with E-state index in [4.69, 9.17) is 10.8 Å². The number of hydrogen-bond donors (Lipinski definition) is 2. The summed E-state index contributed by atoms with van der Waals surface area (Å²) in [5, 5.41) is 11.7. The lowest BCUT2D eigenvalue weighted by molar-refractivity contribution is 0.318. The average Bonchev–Trinajstić information content (AvgIpc) is 2.39. The third-order valence-electron chi connectivity index (χ3n) is 0.816. The second-order valence-electron chi connectivity index (χ2n) is 1.65. The highest BCUT2D eigenvalue weighted by atomic mass is 32.1. The lowest BCUT2D eigenvalue weighted by Gasteiger charge is -1.79. The van der Waals surface area contributed by atoms with Crippen LogP contribution in [-0.2, 0) is 6.54 Å². The van der Waals surface area contributed by atoms with Crippen molar-refractivity contribution in [3.05, 3.63) is 22.4 Å². The van der Waals surface area contributed by atoms with E-state index in [2.05, 4.69) is 5.38 Å². The molecule has 0 spiro atoms. The van der Waals surface area contributed by atoms with Gasteiger partial charge >= 0.3 is 0 Å². The van der Waals surface area contributed by atoms with Gasteiger partial charge in [0.15, 0.2) is 0 Å². The van der Waals surface area contributed by atoms with E-state index in [-0.39, 0.29) is 6.61 Å². The van der Waals surface area contributed by atoms with E-state index < -0.39 is 0 Å². The van der Waals surface area contributed by atoms with Crippen LogP contribution >= 0.6 is 11.3 Å². The molecular weight excluding hydrogens is 146 g/mol. The first-order valence-electron chi connectivity index (χ1n) is 3.17. The zero-order valence-electron chi connectivity index (χ0n) is 6.08. The number of aliphatic hydroxyl groups excluding tert-OH is 1. The number of aliphatic hydroxyl groups is 1. The Hall–Kier alpha value is -0.380. The third-order valence-corrected chi connectivity index (χ3v) is 1.55. The minimum Gasteiger partial charge on any atom is -0.397 e. The highest BCUT2D eigenvalue weighted by molar-refractivity contribution is 7.07. The molecule has 10 heavy (non-hydrogen) atoms. The number of hydrogen-bond acceptors (Lipinski definition) is 3. The second kappa shape index (κ2) is 6.74. The maximum Gasteiger partial charge on any atom is 0.0402 e. The number of thiophene rings is 1. The van der Waals surface area contributed by atoms with Crippen molar-refractivity contribution in [3.8, 4) is 0 Å². The van der Waals surface area contributed by atoms with Crippen molar-refractivity contribution >= 4 is 11.3 Å². The Morgan fingerprint density at radius 3 is 2.50 bits per heavy atom. The normalized spacial score (nSPS) is 8.30. The van der Waals surface area contributed by atoms with Gasteiger partial charge in [-0.3, -0.25) is 0 Å². The molecule has 58 valence electrons. The van der Waals surface area contributed by atoms with Crippen molar-refractivity contribution in [2.75, 3.05) is 6.61 Å². The Kier molecular flexibility index (Phi) is 6.48. The van der Waals surface area contributed by atoms with Crippen molar-refractivity contribution in [1.82, 2.24) is 0 Å². The summed E-state index contributed by atoms with van der Waals surface area (Å²) in [7, 11) is 0. The van der Waals surface area contributed by atoms with E-state index in [9.17, 15) is 0 Å². The molecule has 0 amide bonds. The molecule has 0 aliphatic carbocycles. The summed E-state index contributed by atoms with van der Waals surface area (Å²) in [6.45, 7) is 2.60. The Morgan fingerprint density at radius 2 is 2.30 bits per heavy atom. The maximum absolute atomic E-state index is 7.57. The second-order valence-corrected chi connectivity index (χ2v) is 2.43. The Morgan fingerprint density at radius 1 is 1.70 bits per heavy atom. The highest BCUT2D eigenvalue weighted by Gasteiger charge is 1.82. The van der Waals surface area contributed by atoms with Gasteiger partial charge in [0.1, 0.15) is 0 Å². The molecule has 0 atom stereocenters. The van der Waals surface area contributed by atoms with Gasteiger partial charge in [0.2, 0.25) is 0 Å². The van der Waals surface area contributed by atoms with Crippen LogP contribution < -0.4 is 5.73 Å². The van der Waals surface area contributed by atoms with Crippen molar-refractivity contribution < 1.29 is 5.11 Å². The van der Waals surface area contributed by atoms with Gasteiger partial charge in [-0.25, -0.2) is 0 Å². The monoisotopic (exact) mass is 159 g/mol. The summed E-state index contributed by atoms with van der Waals surface area (Å²) in [4.78, 5) is 0. The smallest absolute Gasteiger partial charge is 0.0402 e. The van der Waals surface area contributed by atoms with Gasteiger partial charge in [-0.15, -0.1) is 0 Å². The molecule has 3 heteroatoms. The van der Waals surface area contributed by atoms with Crippen LogP contribution in [0.25, 0.3) is 0 Å². The zero-order valence-corrected chi connectivity index (χ0v) is 6.90. The third kappa shape index (κ3) is 4.49. The van der Waals surface area contributed by atoms with E-state index in [0.717, 1.165) is 0 Å². The van der Waals surface area contributed by atoms with Crippen molar-refractivity contribution in [2.45, 2.75) is 13.5 Å². The summed E-state index contributed by atoms with van der Waals surface area (Å²) in [6, 6.07) is 2.03. The first-order chi connectivity index (χ1) is 4.85. The molecule has 0 radical (unpaired) electrons. The van der Waals surface area contributed by atoms with Crippen LogP contribution in [0.2, 0.25) is 0 Å². The Balaban J connectivity index is 0.000000236. The van der Waals surface area contributed by atoms with Crippen LogP contribution in [0, 0.1) is 0 Å². The molecule has 3 N–H and O–H groups in total. The molecule has 0 bridgehead atoms. The van der Waals surface area contributed by atoms with Gasteiger partial charge in [-0.05, 0) is 29.3 Å². The van der Waals surface area contributed by atoms with Gasteiger partial charge in [0.25, 0.3) is 0 Å². The molecule has 1 aromatic rings. The van der Waals surface area contributed by atoms with E-state index in [1.54, 1.807) is 18.3 Å². The summed E-state index contributed by atoms with van der Waals surface area (Å²) >= 11 is 1.68. The fraction of sp³-hybridized carbons (Fsp3) is 0.429. The summed E-state index contributed by atoms with van der Waals surface area (Å²) in [5.74, 6) is 0. The summed E-state index contributed by atoms with van der Waals surface area (Å²) in [5.41, 5.74) is 6.53. The SMILES string of the molecule is CCO.NCc1ccsc1. The lowest BCUT2D eigenvalue weighted by atomic mass is 10.4. The quantitative estimate of drug-likeness (QED) is 0.647. The predicted molar refractivity (Wildman–Crippen MR) is 45.0 cm³/mol. The van der Waals surface area contributed by atoms with Crippen LogP contribution in [0.3, 0.4) is 0 Å². The lowest BCUT2D eigenvalue weighted by Crippen LogP contribution is -1.92. The largest absolute Gasteiger partial charge is 0.397 e. The van der Waals surface area contributed by atoms with E-state index in [1.165, 1.54) is 5.56 Å². The first kappa shape index (κ1) is 9.62. The van der Waals surface area contributed by atoms with Crippen LogP contribution in [0.1, 0.15) is 12.5 Å². The van der Waals surface area contributed by atoms with E-state index in [0.29, 0.717) is 6.54 Å². The minimum atomic E-state index is 0.250. The van der Waals surface area contributed by atoms with Crippen LogP contribution in [0.4, 0.5) is 0 Å². The first-order valence-corrected chi connectivity index (χ1v) is 4.11. The van der Waals surface area contributed by atoms with Crippen molar-refractivity contribution in [2.24, 2.45) is 5.73 Å². The van der Waals surface area contributed by atoms with Crippen molar-refractivity contribution in [3.63, 3.8) is 0 Å². The fourth-order valence-corrected chi connectivity index (χ4v) is 1.09. The number of rotatable bonds is 1. The molecule has 1 aromatic heterocycles. The molecule has 0 fully saturated rings.